The van der Waals surface area contributed by atoms with E-state index in [0.29, 0.717) is 27.4 Å². The number of benzene rings is 1. The van der Waals surface area contributed by atoms with Crippen molar-refractivity contribution in [1.29, 1.82) is 0 Å². The van der Waals surface area contributed by atoms with Gasteiger partial charge in [0.1, 0.15) is 0 Å². The second-order valence-electron chi connectivity index (χ2n) is 4.12. The van der Waals surface area contributed by atoms with E-state index >= 15 is 0 Å². The third-order valence-electron chi connectivity index (χ3n) is 2.57. The minimum Gasteiger partial charge on any atom is -0.383 e. The minimum atomic E-state index is -3.82. The van der Waals surface area contributed by atoms with Crippen LogP contribution in [-0.2, 0) is 10.0 Å². The quantitative estimate of drug-likeness (QED) is 0.816. The van der Waals surface area contributed by atoms with Crippen LogP contribution < -0.4 is 10.0 Å². The van der Waals surface area contributed by atoms with E-state index in [-0.39, 0.29) is 5.03 Å². The number of hydrogen-bond acceptors (Lipinski definition) is 4. The number of nitrogens with zero attached hydrogens (tertiary/aromatic N) is 1. The molecule has 0 fully saturated rings. The Hall–Kier alpha value is -1.31. The van der Waals surface area contributed by atoms with Crippen LogP contribution in [-0.4, -0.2) is 19.9 Å². The molecule has 0 amide bonds. The van der Waals surface area contributed by atoms with Gasteiger partial charge in [0, 0.05) is 22.2 Å². The number of anilines is 2. The Morgan fingerprint density at radius 2 is 2.05 bits per heavy atom. The average molecular weight is 391 g/mol. The van der Waals surface area contributed by atoms with Gasteiger partial charge in [0.2, 0.25) is 0 Å². The summed E-state index contributed by atoms with van der Waals surface area (Å²) in [6, 6.07) is 8.20. The summed E-state index contributed by atoms with van der Waals surface area (Å²) < 4.78 is 28.0. The third kappa shape index (κ3) is 3.87. The second kappa shape index (κ2) is 6.64. The normalized spacial score (nSPS) is 11.2. The van der Waals surface area contributed by atoms with Crippen LogP contribution in [0.1, 0.15) is 6.92 Å². The Labute approximate surface area is 136 Å². The number of aromatic nitrogens is 1. The maximum Gasteiger partial charge on any atom is 0.281 e. The van der Waals surface area contributed by atoms with E-state index < -0.39 is 10.0 Å². The number of nitrogens with one attached hydrogen (secondary N) is 2. The SMILES string of the molecule is CCNc1cccnc1S(=O)(=O)Nc1cc(Cl)ccc1Br. The molecule has 0 radical (unpaired) electrons. The largest absolute Gasteiger partial charge is 0.383 e. The van der Waals surface area contributed by atoms with Crippen molar-refractivity contribution < 1.29 is 8.42 Å². The molecule has 1 aromatic heterocycles. The predicted molar refractivity (Wildman–Crippen MR) is 88.4 cm³/mol. The van der Waals surface area contributed by atoms with Crippen molar-refractivity contribution in [3.63, 3.8) is 0 Å². The number of pyridine rings is 1. The molecular formula is C13H13BrClN3O2S. The molecule has 8 heteroatoms. The lowest BCUT2D eigenvalue weighted by Gasteiger charge is -2.13. The minimum absolute atomic E-state index is 0.0567. The number of hydrogen-bond donors (Lipinski definition) is 2. The van der Waals surface area contributed by atoms with Gasteiger partial charge in [0.15, 0.2) is 5.03 Å². The summed E-state index contributed by atoms with van der Waals surface area (Å²) >= 11 is 9.17. The lowest BCUT2D eigenvalue weighted by atomic mass is 10.3. The van der Waals surface area contributed by atoms with Crippen LogP contribution in [0.3, 0.4) is 0 Å². The molecule has 0 bridgehead atoms. The van der Waals surface area contributed by atoms with E-state index in [0.717, 1.165) is 0 Å². The molecule has 0 aliphatic heterocycles. The maximum atomic E-state index is 12.5. The summed E-state index contributed by atoms with van der Waals surface area (Å²) in [5.41, 5.74) is 0.807. The number of sulfonamides is 1. The van der Waals surface area contributed by atoms with Gasteiger partial charge >= 0.3 is 0 Å². The van der Waals surface area contributed by atoms with Crippen molar-refractivity contribution in [2.24, 2.45) is 0 Å². The smallest absolute Gasteiger partial charge is 0.281 e. The summed E-state index contributed by atoms with van der Waals surface area (Å²) in [6.45, 7) is 2.47. The zero-order valence-electron chi connectivity index (χ0n) is 11.1. The van der Waals surface area contributed by atoms with Crippen molar-refractivity contribution in [3.05, 3.63) is 46.0 Å². The fraction of sp³-hybridized carbons (Fsp3) is 0.154. The average Bonchev–Trinajstić information content (AvgIpc) is 2.43. The highest BCUT2D eigenvalue weighted by Crippen LogP contribution is 2.29. The highest BCUT2D eigenvalue weighted by atomic mass is 79.9. The maximum absolute atomic E-state index is 12.5. The standard InChI is InChI=1S/C13H13BrClN3O2S/c1-2-16-11-4-3-7-17-13(11)21(19,20)18-12-8-9(15)5-6-10(12)14/h3-8,16,18H,2H2,1H3. The molecule has 0 saturated heterocycles. The Morgan fingerprint density at radius 1 is 1.29 bits per heavy atom. The van der Waals surface area contributed by atoms with Crippen molar-refractivity contribution in [3.8, 4) is 0 Å². The number of rotatable bonds is 5. The molecule has 1 heterocycles. The molecule has 1 aromatic carbocycles. The summed E-state index contributed by atoms with van der Waals surface area (Å²) in [5, 5.41) is 3.35. The molecule has 0 atom stereocenters. The molecule has 21 heavy (non-hydrogen) atoms. The van der Waals surface area contributed by atoms with Crippen molar-refractivity contribution in [1.82, 2.24) is 4.98 Å². The molecule has 2 rings (SSSR count). The second-order valence-corrected chi connectivity index (χ2v) is 7.00. The van der Waals surface area contributed by atoms with Crippen LogP contribution in [0.25, 0.3) is 0 Å². The Kier molecular flexibility index (Phi) is 5.08. The van der Waals surface area contributed by atoms with Gasteiger partial charge in [-0.1, -0.05) is 11.6 Å². The van der Waals surface area contributed by atoms with Gasteiger partial charge in [0.05, 0.1) is 11.4 Å². The van der Waals surface area contributed by atoms with Gasteiger partial charge in [-0.3, -0.25) is 4.72 Å². The molecule has 0 aliphatic rings. The van der Waals surface area contributed by atoms with E-state index in [9.17, 15) is 8.42 Å². The Bertz CT molecular complexity index is 753. The molecule has 0 saturated carbocycles. The van der Waals surface area contributed by atoms with Crippen LogP contribution in [0, 0.1) is 0 Å². The van der Waals surface area contributed by atoms with Crippen molar-refractivity contribution in [2.75, 3.05) is 16.6 Å². The molecule has 112 valence electrons. The fourth-order valence-electron chi connectivity index (χ4n) is 1.70. The highest BCUT2D eigenvalue weighted by molar-refractivity contribution is 9.10. The van der Waals surface area contributed by atoms with Gasteiger partial charge in [-0.15, -0.1) is 0 Å². The number of halogens is 2. The molecule has 5 nitrogen and oxygen atoms in total. The van der Waals surface area contributed by atoms with Crippen molar-refractivity contribution >= 4 is 48.9 Å². The lowest BCUT2D eigenvalue weighted by molar-refractivity contribution is 0.598. The van der Waals surface area contributed by atoms with Crippen LogP contribution in [0.5, 0.6) is 0 Å². The summed E-state index contributed by atoms with van der Waals surface area (Å²) in [4.78, 5) is 3.96. The predicted octanol–water partition coefficient (Wildman–Crippen LogP) is 3.73. The topological polar surface area (TPSA) is 71.1 Å². The highest BCUT2D eigenvalue weighted by Gasteiger charge is 2.21. The van der Waals surface area contributed by atoms with Crippen molar-refractivity contribution in [2.45, 2.75) is 11.9 Å². The van der Waals surface area contributed by atoms with Gasteiger partial charge < -0.3 is 5.32 Å². The zero-order chi connectivity index (χ0) is 15.5. The third-order valence-corrected chi connectivity index (χ3v) is 4.82. The molecule has 2 aromatic rings. The lowest BCUT2D eigenvalue weighted by Crippen LogP contribution is -2.17. The summed E-state index contributed by atoms with van der Waals surface area (Å²) in [7, 11) is -3.82. The van der Waals surface area contributed by atoms with Crippen LogP contribution in [0.2, 0.25) is 5.02 Å². The first kappa shape index (κ1) is 16.1. The van der Waals surface area contributed by atoms with Gasteiger partial charge in [-0.2, -0.15) is 8.42 Å². The molecule has 0 aliphatic carbocycles. The monoisotopic (exact) mass is 389 g/mol. The Morgan fingerprint density at radius 3 is 2.76 bits per heavy atom. The first-order valence-corrected chi connectivity index (χ1v) is 8.76. The summed E-state index contributed by atoms with van der Waals surface area (Å²) in [6.07, 6.45) is 1.43. The molecule has 0 spiro atoms. The van der Waals surface area contributed by atoms with Gasteiger partial charge in [-0.25, -0.2) is 4.98 Å². The van der Waals surface area contributed by atoms with Gasteiger partial charge in [0.25, 0.3) is 10.0 Å². The van der Waals surface area contributed by atoms with Crippen LogP contribution in [0.15, 0.2) is 46.0 Å². The van der Waals surface area contributed by atoms with Crippen LogP contribution >= 0.6 is 27.5 Å². The van der Waals surface area contributed by atoms with E-state index in [1.54, 1.807) is 24.3 Å². The first-order valence-electron chi connectivity index (χ1n) is 6.11. The van der Waals surface area contributed by atoms with Gasteiger partial charge in [-0.05, 0) is 53.2 Å². The fourth-order valence-corrected chi connectivity index (χ4v) is 3.53. The van der Waals surface area contributed by atoms with E-state index in [2.05, 4.69) is 31.0 Å². The first-order chi connectivity index (χ1) is 9.94. The Balaban J connectivity index is 2.41. The van der Waals surface area contributed by atoms with E-state index in [4.69, 9.17) is 11.6 Å². The van der Waals surface area contributed by atoms with E-state index in [1.807, 2.05) is 6.92 Å². The zero-order valence-corrected chi connectivity index (χ0v) is 14.3. The molecular weight excluding hydrogens is 378 g/mol. The summed E-state index contributed by atoms with van der Waals surface area (Å²) in [5.74, 6) is 0. The molecule has 2 N–H and O–H groups in total. The van der Waals surface area contributed by atoms with E-state index in [1.165, 1.54) is 12.3 Å². The van der Waals surface area contributed by atoms with Crippen LogP contribution in [0.4, 0.5) is 11.4 Å². The molecule has 0 unspecified atom stereocenters.